The van der Waals surface area contributed by atoms with Gasteiger partial charge in [-0.3, -0.25) is 0 Å². The topological polar surface area (TPSA) is 17.0 Å². The maximum Gasteiger partial charge on any atom is 0.123 e. The zero-order chi connectivity index (χ0) is 14.7. The maximum absolute atomic E-state index is 13.6. The first-order chi connectivity index (χ1) is 10.3. The highest BCUT2D eigenvalue weighted by Gasteiger charge is 2.15. The normalized spacial score (nSPS) is 12.7. The quantitative estimate of drug-likeness (QED) is 0.749. The lowest BCUT2D eigenvalue weighted by Crippen LogP contribution is -2.17. The van der Waals surface area contributed by atoms with Crippen LogP contribution in [0.25, 0.3) is 10.9 Å². The summed E-state index contributed by atoms with van der Waals surface area (Å²) in [4.78, 5) is 0. The SMILES string of the molecule is CNCCC(c1cccc(F)c1)n1ccc2ccccc21. The Morgan fingerprint density at radius 3 is 2.76 bits per heavy atom. The fraction of sp³-hybridized carbons (Fsp3) is 0.222. The van der Waals surface area contributed by atoms with E-state index in [-0.39, 0.29) is 11.9 Å². The molecule has 1 unspecified atom stereocenters. The lowest BCUT2D eigenvalue weighted by Gasteiger charge is -2.21. The Balaban J connectivity index is 2.06. The highest BCUT2D eigenvalue weighted by Crippen LogP contribution is 2.27. The third-order valence-corrected chi connectivity index (χ3v) is 3.87. The molecule has 0 spiro atoms. The number of benzene rings is 2. The van der Waals surface area contributed by atoms with Crippen molar-refractivity contribution in [1.82, 2.24) is 9.88 Å². The van der Waals surface area contributed by atoms with Crippen LogP contribution in [0.15, 0.2) is 60.8 Å². The molecule has 1 aromatic heterocycles. The summed E-state index contributed by atoms with van der Waals surface area (Å²) in [5.74, 6) is -0.182. The zero-order valence-electron chi connectivity index (χ0n) is 12.1. The number of para-hydroxylation sites is 1. The van der Waals surface area contributed by atoms with Gasteiger partial charge in [0.15, 0.2) is 0 Å². The molecule has 0 saturated heterocycles. The molecule has 0 aliphatic carbocycles. The first-order valence-corrected chi connectivity index (χ1v) is 7.25. The Kier molecular flexibility index (Phi) is 4.02. The van der Waals surface area contributed by atoms with E-state index in [2.05, 4.69) is 34.3 Å². The van der Waals surface area contributed by atoms with Crippen molar-refractivity contribution in [2.24, 2.45) is 0 Å². The Bertz CT molecular complexity index is 733. The molecule has 1 heterocycles. The van der Waals surface area contributed by atoms with Gasteiger partial charge in [0.2, 0.25) is 0 Å². The summed E-state index contributed by atoms with van der Waals surface area (Å²) in [6, 6.07) is 17.4. The summed E-state index contributed by atoms with van der Waals surface area (Å²) in [6.45, 7) is 0.883. The summed E-state index contributed by atoms with van der Waals surface area (Å²) in [6.07, 6.45) is 3.01. The molecule has 1 N–H and O–H groups in total. The van der Waals surface area contributed by atoms with Crippen molar-refractivity contribution in [2.75, 3.05) is 13.6 Å². The summed E-state index contributed by atoms with van der Waals surface area (Å²) >= 11 is 0. The van der Waals surface area contributed by atoms with Gasteiger partial charge in [0.05, 0.1) is 6.04 Å². The molecule has 0 bridgehead atoms. The lowest BCUT2D eigenvalue weighted by atomic mass is 10.0. The van der Waals surface area contributed by atoms with Crippen LogP contribution in [0, 0.1) is 5.82 Å². The molecule has 0 aliphatic heterocycles. The molecule has 1 atom stereocenters. The second-order valence-electron chi connectivity index (χ2n) is 5.24. The molecule has 2 nitrogen and oxygen atoms in total. The van der Waals surface area contributed by atoms with Crippen molar-refractivity contribution in [3.63, 3.8) is 0 Å². The Hall–Kier alpha value is -2.13. The Morgan fingerprint density at radius 1 is 1.10 bits per heavy atom. The van der Waals surface area contributed by atoms with E-state index < -0.39 is 0 Å². The van der Waals surface area contributed by atoms with E-state index in [1.807, 2.05) is 25.2 Å². The van der Waals surface area contributed by atoms with Crippen molar-refractivity contribution >= 4 is 10.9 Å². The average Bonchev–Trinajstić information content (AvgIpc) is 2.92. The van der Waals surface area contributed by atoms with Gasteiger partial charge in [-0.25, -0.2) is 4.39 Å². The monoisotopic (exact) mass is 282 g/mol. The number of nitrogens with zero attached hydrogens (tertiary/aromatic N) is 1. The predicted octanol–water partition coefficient (Wildman–Crippen LogP) is 3.98. The van der Waals surface area contributed by atoms with Crippen molar-refractivity contribution in [3.8, 4) is 0 Å². The van der Waals surface area contributed by atoms with Gasteiger partial charge in [-0.1, -0.05) is 30.3 Å². The summed E-state index contributed by atoms with van der Waals surface area (Å²) in [5.41, 5.74) is 2.19. The maximum atomic E-state index is 13.6. The molecule has 0 saturated carbocycles. The molecule has 3 aromatic rings. The minimum absolute atomic E-state index is 0.132. The minimum atomic E-state index is -0.182. The van der Waals surface area contributed by atoms with Gasteiger partial charge in [0.25, 0.3) is 0 Å². The number of fused-ring (bicyclic) bond motifs is 1. The second-order valence-corrected chi connectivity index (χ2v) is 5.24. The van der Waals surface area contributed by atoms with Gasteiger partial charge in [0.1, 0.15) is 5.82 Å². The lowest BCUT2D eigenvalue weighted by molar-refractivity contribution is 0.533. The van der Waals surface area contributed by atoms with Gasteiger partial charge in [-0.2, -0.15) is 0 Å². The molecule has 108 valence electrons. The first-order valence-electron chi connectivity index (χ1n) is 7.25. The number of hydrogen-bond acceptors (Lipinski definition) is 1. The van der Waals surface area contributed by atoms with Crippen LogP contribution in [0.4, 0.5) is 4.39 Å². The number of hydrogen-bond donors (Lipinski definition) is 1. The zero-order valence-corrected chi connectivity index (χ0v) is 12.1. The predicted molar refractivity (Wildman–Crippen MR) is 85.0 cm³/mol. The fourth-order valence-electron chi connectivity index (χ4n) is 2.84. The van der Waals surface area contributed by atoms with Crippen LogP contribution in [-0.4, -0.2) is 18.2 Å². The number of aromatic nitrogens is 1. The molecule has 3 heteroatoms. The van der Waals surface area contributed by atoms with Crippen LogP contribution in [0.1, 0.15) is 18.0 Å². The van der Waals surface area contributed by atoms with Gasteiger partial charge in [-0.15, -0.1) is 0 Å². The Labute approximate surface area is 124 Å². The van der Waals surface area contributed by atoms with E-state index >= 15 is 0 Å². The molecular weight excluding hydrogens is 263 g/mol. The molecule has 0 aliphatic rings. The van der Waals surface area contributed by atoms with Crippen molar-refractivity contribution in [1.29, 1.82) is 0 Å². The fourth-order valence-corrected chi connectivity index (χ4v) is 2.84. The smallest absolute Gasteiger partial charge is 0.123 e. The Morgan fingerprint density at radius 2 is 1.95 bits per heavy atom. The largest absolute Gasteiger partial charge is 0.340 e. The summed E-state index contributed by atoms with van der Waals surface area (Å²) < 4.78 is 15.8. The summed E-state index contributed by atoms with van der Waals surface area (Å²) in [5, 5.41) is 4.40. The third-order valence-electron chi connectivity index (χ3n) is 3.87. The molecule has 0 fully saturated rings. The van der Waals surface area contributed by atoms with Gasteiger partial charge < -0.3 is 9.88 Å². The van der Waals surface area contributed by atoms with Crippen LogP contribution in [0.2, 0.25) is 0 Å². The van der Waals surface area contributed by atoms with E-state index in [0.717, 1.165) is 18.5 Å². The van der Waals surface area contributed by atoms with Gasteiger partial charge in [-0.05, 0) is 55.2 Å². The molecular formula is C18H19FN2. The van der Waals surface area contributed by atoms with Crippen LogP contribution in [-0.2, 0) is 0 Å². The van der Waals surface area contributed by atoms with Crippen LogP contribution in [0.3, 0.4) is 0 Å². The molecule has 0 radical (unpaired) electrons. The summed E-state index contributed by atoms with van der Waals surface area (Å²) in [7, 11) is 1.94. The molecule has 3 rings (SSSR count). The highest BCUT2D eigenvalue weighted by molar-refractivity contribution is 5.80. The van der Waals surface area contributed by atoms with Crippen molar-refractivity contribution < 1.29 is 4.39 Å². The van der Waals surface area contributed by atoms with Crippen LogP contribution in [0.5, 0.6) is 0 Å². The van der Waals surface area contributed by atoms with Crippen LogP contribution < -0.4 is 5.32 Å². The van der Waals surface area contributed by atoms with E-state index in [1.54, 1.807) is 12.1 Å². The van der Waals surface area contributed by atoms with E-state index in [4.69, 9.17) is 0 Å². The molecule has 0 amide bonds. The highest BCUT2D eigenvalue weighted by atomic mass is 19.1. The number of nitrogens with one attached hydrogen (secondary N) is 1. The minimum Gasteiger partial charge on any atom is -0.340 e. The van der Waals surface area contributed by atoms with E-state index in [0.29, 0.717) is 0 Å². The second kappa shape index (κ2) is 6.10. The van der Waals surface area contributed by atoms with Crippen LogP contribution >= 0.6 is 0 Å². The molecule has 2 aromatic carbocycles. The first kappa shape index (κ1) is 13.8. The van der Waals surface area contributed by atoms with Crippen molar-refractivity contribution in [2.45, 2.75) is 12.5 Å². The van der Waals surface area contributed by atoms with E-state index in [1.165, 1.54) is 17.0 Å². The third kappa shape index (κ3) is 2.83. The van der Waals surface area contributed by atoms with Gasteiger partial charge >= 0.3 is 0 Å². The van der Waals surface area contributed by atoms with Crippen molar-refractivity contribution in [3.05, 3.63) is 72.2 Å². The number of halogens is 1. The van der Waals surface area contributed by atoms with Gasteiger partial charge in [0, 0.05) is 11.7 Å². The standard InChI is InChI=1S/C18H19FN2/c1-20-11-9-18(15-6-4-7-16(19)13-15)21-12-10-14-5-2-3-8-17(14)21/h2-8,10,12-13,18,20H,9,11H2,1H3. The molecule has 21 heavy (non-hydrogen) atoms. The number of rotatable bonds is 5. The average molecular weight is 282 g/mol. The van der Waals surface area contributed by atoms with E-state index in [9.17, 15) is 4.39 Å².